The fourth-order valence-electron chi connectivity index (χ4n) is 1.89. The lowest BCUT2D eigenvalue weighted by Gasteiger charge is -2.10. The van der Waals surface area contributed by atoms with Crippen molar-refractivity contribution in [1.82, 2.24) is 0 Å². The molecular formula is C14H15IO2. The van der Waals surface area contributed by atoms with E-state index in [1.807, 2.05) is 13.0 Å². The van der Waals surface area contributed by atoms with Gasteiger partial charge in [-0.1, -0.05) is 19.1 Å². The Balaban J connectivity index is 2.11. The van der Waals surface area contributed by atoms with Crippen LogP contribution < -0.4 is 0 Å². The molecule has 17 heavy (non-hydrogen) atoms. The first-order chi connectivity index (χ1) is 8.20. The quantitative estimate of drug-likeness (QED) is 0.859. The monoisotopic (exact) mass is 342 g/mol. The molecule has 0 aliphatic heterocycles. The number of aliphatic hydroxyl groups excluding tert-OH is 1. The van der Waals surface area contributed by atoms with Gasteiger partial charge < -0.3 is 9.52 Å². The van der Waals surface area contributed by atoms with Crippen molar-refractivity contribution >= 4 is 22.6 Å². The number of furan rings is 1. The fraction of sp³-hybridized carbons (Fsp3) is 0.286. The number of halogens is 1. The third kappa shape index (κ3) is 3.10. The molecule has 2 aromatic rings. The summed E-state index contributed by atoms with van der Waals surface area (Å²) in [4.78, 5) is 0. The van der Waals surface area contributed by atoms with Crippen LogP contribution in [0.2, 0.25) is 0 Å². The fourth-order valence-corrected chi connectivity index (χ4v) is 2.25. The Bertz CT molecular complexity index is 473. The average molecular weight is 342 g/mol. The minimum Gasteiger partial charge on any atom is -0.469 e. The number of aryl methyl sites for hydroxylation is 1. The van der Waals surface area contributed by atoms with Crippen molar-refractivity contribution in [3.8, 4) is 0 Å². The molecule has 3 heteroatoms. The average Bonchev–Trinajstić information content (AvgIpc) is 2.80. The van der Waals surface area contributed by atoms with Crippen LogP contribution in [0.1, 0.15) is 29.9 Å². The van der Waals surface area contributed by atoms with Gasteiger partial charge in [-0.15, -0.1) is 0 Å². The SMILES string of the molecule is CCc1occc1C(O)Cc1ccc(I)cc1. The minimum atomic E-state index is -0.483. The van der Waals surface area contributed by atoms with E-state index in [0.717, 1.165) is 23.3 Å². The number of benzene rings is 1. The summed E-state index contributed by atoms with van der Waals surface area (Å²) < 4.78 is 6.54. The predicted molar refractivity (Wildman–Crippen MR) is 75.9 cm³/mol. The summed E-state index contributed by atoms with van der Waals surface area (Å²) >= 11 is 2.27. The van der Waals surface area contributed by atoms with E-state index in [-0.39, 0.29) is 0 Å². The second-order valence-corrected chi connectivity index (χ2v) is 5.24. The van der Waals surface area contributed by atoms with Gasteiger partial charge in [0, 0.05) is 22.0 Å². The van der Waals surface area contributed by atoms with E-state index in [0.29, 0.717) is 6.42 Å². The molecule has 2 nitrogen and oxygen atoms in total. The zero-order valence-electron chi connectivity index (χ0n) is 9.69. The summed E-state index contributed by atoms with van der Waals surface area (Å²) in [7, 11) is 0. The van der Waals surface area contributed by atoms with Gasteiger partial charge >= 0.3 is 0 Å². The first-order valence-electron chi connectivity index (χ1n) is 5.69. The summed E-state index contributed by atoms with van der Waals surface area (Å²) in [5.41, 5.74) is 2.05. The number of aliphatic hydroxyl groups is 1. The highest BCUT2D eigenvalue weighted by molar-refractivity contribution is 14.1. The van der Waals surface area contributed by atoms with Crippen LogP contribution in [0, 0.1) is 3.57 Å². The van der Waals surface area contributed by atoms with Crippen LogP contribution in [0.4, 0.5) is 0 Å². The van der Waals surface area contributed by atoms with Gasteiger partial charge in [0.1, 0.15) is 5.76 Å². The molecular weight excluding hydrogens is 327 g/mol. The maximum atomic E-state index is 10.2. The van der Waals surface area contributed by atoms with Crippen molar-refractivity contribution in [2.45, 2.75) is 25.9 Å². The molecule has 1 aromatic carbocycles. The van der Waals surface area contributed by atoms with Crippen molar-refractivity contribution in [3.63, 3.8) is 0 Å². The Morgan fingerprint density at radius 1 is 1.24 bits per heavy atom. The maximum Gasteiger partial charge on any atom is 0.109 e. The van der Waals surface area contributed by atoms with Gasteiger partial charge in [0.25, 0.3) is 0 Å². The molecule has 0 bridgehead atoms. The standard InChI is InChI=1S/C14H15IO2/c1-2-14-12(7-8-17-14)13(16)9-10-3-5-11(15)6-4-10/h3-8,13,16H,2,9H2,1H3. The highest BCUT2D eigenvalue weighted by Crippen LogP contribution is 2.23. The van der Waals surface area contributed by atoms with Crippen molar-refractivity contribution < 1.29 is 9.52 Å². The molecule has 0 saturated carbocycles. The van der Waals surface area contributed by atoms with Crippen LogP contribution in [0.3, 0.4) is 0 Å². The summed E-state index contributed by atoms with van der Waals surface area (Å²) in [6.45, 7) is 2.03. The van der Waals surface area contributed by atoms with E-state index >= 15 is 0 Å². The van der Waals surface area contributed by atoms with Gasteiger partial charge in [-0.3, -0.25) is 0 Å². The molecule has 2 rings (SSSR count). The van der Waals surface area contributed by atoms with E-state index in [2.05, 4.69) is 46.9 Å². The van der Waals surface area contributed by atoms with E-state index < -0.39 is 6.10 Å². The van der Waals surface area contributed by atoms with Gasteiger partial charge in [0.05, 0.1) is 12.4 Å². The highest BCUT2D eigenvalue weighted by atomic mass is 127. The molecule has 0 amide bonds. The predicted octanol–water partition coefficient (Wildman–Crippen LogP) is 3.72. The van der Waals surface area contributed by atoms with E-state index in [1.54, 1.807) is 6.26 Å². The normalized spacial score (nSPS) is 12.6. The van der Waals surface area contributed by atoms with Crippen molar-refractivity contribution in [2.24, 2.45) is 0 Å². The van der Waals surface area contributed by atoms with Crippen LogP contribution in [-0.2, 0) is 12.8 Å². The summed E-state index contributed by atoms with van der Waals surface area (Å²) in [5, 5.41) is 10.2. The van der Waals surface area contributed by atoms with Gasteiger partial charge in [-0.25, -0.2) is 0 Å². The molecule has 1 unspecified atom stereocenters. The molecule has 0 fully saturated rings. The lowest BCUT2D eigenvalue weighted by molar-refractivity contribution is 0.176. The Labute approximate surface area is 115 Å². The minimum absolute atomic E-state index is 0.483. The highest BCUT2D eigenvalue weighted by Gasteiger charge is 2.14. The lowest BCUT2D eigenvalue weighted by Crippen LogP contribution is -2.03. The third-order valence-electron chi connectivity index (χ3n) is 2.80. The largest absolute Gasteiger partial charge is 0.469 e. The first-order valence-corrected chi connectivity index (χ1v) is 6.77. The number of rotatable bonds is 4. The van der Waals surface area contributed by atoms with Crippen LogP contribution in [0.15, 0.2) is 41.0 Å². The lowest BCUT2D eigenvalue weighted by atomic mass is 10.0. The van der Waals surface area contributed by atoms with E-state index in [9.17, 15) is 5.11 Å². The number of hydrogen-bond donors (Lipinski definition) is 1. The second-order valence-electron chi connectivity index (χ2n) is 4.00. The van der Waals surface area contributed by atoms with Crippen molar-refractivity contribution in [3.05, 3.63) is 57.1 Å². The van der Waals surface area contributed by atoms with Crippen LogP contribution in [0.5, 0.6) is 0 Å². The van der Waals surface area contributed by atoms with E-state index in [4.69, 9.17) is 4.42 Å². The molecule has 1 heterocycles. The Morgan fingerprint density at radius 2 is 1.94 bits per heavy atom. The molecule has 0 aliphatic carbocycles. The summed E-state index contributed by atoms with van der Waals surface area (Å²) in [5.74, 6) is 0.878. The summed E-state index contributed by atoms with van der Waals surface area (Å²) in [6.07, 6.45) is 2.60. The van der Waals surface area contributed by atoms with Gasteiger partial charge in [-0.2, -0.15) is 0 Å². The zero-order valence-corrected chi connectivity index (χ0v) is 11.8. The van der Waals surface area contributed by atoms with Crippen LogP contribution in [-0.4, -0.2) is 5.11 Å². The Morgan fingerprint density at radius 3 is 2.59 bits per heavy atom. The first kappa shape index (κ1) is 12.6. The number of hydrogen-bond acceptors (Lipinski definition) is 2. The molecule has 0 aliphatic rings. The zero-order chi connectivity index (χ0) is 12.3. The molecule has 1 atom stereocenters. The molecule has 0 saturated heterocycles. The topological polar surface area (TPSA) is 33.4 Å². The summed E-state index contributed by atoms with van der Waals surface area (Å²) in [6, 6.07) is 10.1. The van der Waals surface area contributed by atoms with Gasteiger partial charge in [0.2, 0.25) is 0 Å². The second kappa shape index (κ2) is 5.69. The van der Waals surface area contributed by atoms with Crippen LogP contribution in [0.25, 0.3) is 0 Å². The van der Waals surface area contributed by atoms with Gasteiger partial charge in [-0.05, 0) is 46.4 Å². The van der Waals surface area contributed by atoms with Crippen LogP contribution >= 0.6 is 22.6 Å². The molecule has 90 valence electrons. The van der Waals surface area contributed by atoms with Crippen molar-refractivity contribution in [2.75, 3.05) is 0 Å². The van der Waals surface area contributed by atoms with E-state index in [1.165, 1.54) is 3.57 Å². The van der Waals surface area contributed by atoms with Gasteiger partial charge in [0.15, 0.2) is 0 Å². The smallest absolute Gasteiger partial charge is 0.109 e. The maximum absolute atomic E-state index is 10.2. The molecule has 1 aromatic heterocycles. The molecule has 0 spiro atoms. The Kier molecular flexibility index (Phi) is 4.23. The van der Waals surface area contributed by atoms with Crippen molar-refractivity contribution in [1.29, 1.82) is 0 Å². The molecule has 0 radical (unpaired) electrons. The Hall–Kier alpha value is -0.810. The molecule has 1 N–H and O–H groups in total. The third-order valence-corrected chi connectivity index (χ3v) is 3.52.